The molecule has 2 aliphatic rings. The van der Waals surface area contributed by atoms with Crippen LogP contribution >= 0.6 is 0 Å². The lowest BCUT2D eigenvalue weighted by atomic mass is 9.95. The Morgan fingerprint density at radius 1 is 1.19 bits per heavy atom. The van der Waals surface area contributed by atoms with Gasteiger partial charge in [-0.2, -0.15) is 0 Å². The second kappa shape index (κ2) is 7.91. The summed E-state index contributed by atoms with van der Waals surface area (Å²) in [5.74, 6) is 1.25. The highest BCUT2D eigenvalue weighted by atomic mass is 16.5. The van der Waals surface area contributed by atoms with Gasteiger partial charge in [0.2, 0.25) is 5.91 Å². The number of carbonyl (C=O) groups is 1. The van der Waals surface area contributed by atoms with Crippen molar-refractivity contribution in [1.29, 1.82) is 0 Å². The van der Waals surface area contributed by atoms with Crippen LogP contribution in [-0.2, 0) is 9.53 Å². The van der Waals surface area contributed by atoms with Crippen LogP contribution in [0.3, 0.4) is 0 Å². The molecule has 4 heterocycles. The van der Waals surface area contributed by atoms with Gasteiger partial charge < -0.3 is 19.5 Å². The Hall–Kier alpha value is -2.34. The smallest absolute Gasteiger partial charge is 0.223 e. The average Bonchev–Trinajstić information content (AvgIpc) is 3.40. The zero-order valence-corrected chi connectivity index (χ0v) is 15.0. The third kappa shape index (κ3) is 3.75. The van der Waals surface area contributed by atoms with Gasteiger partial charge in [-0.1, -0.05) is 0 Å². The molecule has 1 atom stereocenters. The molecule has 2 aromatic heterocycles. The largest absolute Gasteiger partial charge is 0.376 e. The zero-order chi connectivity index (χ0) is 17.8. The lowest BCUT2D eigenvalue weighted by Crippen LogP contribution is -2.42. The van der Waals surface area contributed by atoms with Crippen molar-refractivity contribution >= 4 is 11.7 Å². The first-order valence-electron chi connectivity index (χ1n) is 9.54. The van der Waals surface area contributed by atoms with Crippen LogP contribution in [0.4, 0.5) is 5.82 Å². The Morgan fingerprint density at radius 2 is 2.00 bits per heavy atom. The second-order valence-electron chi connectivity index (χ2n) is 7.08. The maximum absolute atomic E-state index is 12.4. The van der Waals surface area contributed by atoms with Gasteiger partial charge in [-0.05, 0) is 49.9 Å². The number of nitrogens with one attached hydrogen (secondary N) is 1. The SMILES string of the molecule is O=C(NCC1CCCO1)C1CCN(c2ncccc2-n2cccc2)CC1. The first-order valence-corrected chi connectivity index (χ1v) is 9.54. The molecule has 2 fully saturated rings. The average molecular weight is 354 g/mol. The minimum absolute atomic E-state index is 0.0893. The van der Waals surface area contributed by atoms with E-state index < -0.39 is 0 Å². The molecule has 138 valence electrons. The number of nitrogens with zero attached hydrogens (tertiary/aromatic N) is 3. The van der Waals surface area contributed by atoms with Crippen LogP contribution in [0, 0.1) is 5.92 Å². The Balaban J connectivity index is 1.34. The second-order valence-corrected chi connectivity index (χ2v) is 7.08. The Bertz CT molecular complexity index is 717. The Labute approximate surface area is 154 Å². The number of ether oxygens (including phenoxy) is 1. The van der Waals surface area contributed by atoms with E-state index in [-0.39, 0.29) is 17.9 Å². The summed E-state index contributed by atoms with van der Waals surface area (Å²) in [4.78, 5) is 19.3. The van der Waals surface area contributed by atoms with Gasteiger partial charge in [0.25, 0.3) is 0 Å². The molecule has 6 heteroatoms. The lowest BCUT2D eigenvalue weighted by Gasteiger charge is -2.33. The number of piperidine rings is 1. The topological polar surface area (TPSA) is 59.4 Å². The van der Waals surface area contributed by atoms with Gasteiger partial charge in [0.15, 0.2) is 5.82 Å². The van der Waals surface area contributed by atoms with Crippen LogP contribution in [0.2, 0.25) is 0 Å². The minimum Gasteiger partial charge on any atom is -0.376 e. The monoisotopic (exact) mass is 354 g/mol. The zero-order valence-electron chi connectivity index (χ0n) is 15.0. The van der Waals surface area contributed by atoms with Crippen molar-refractivity contribution < 1.29 is 9.53 Å². The summed E-state index contributed by atoms with van der Waals surface area (Å²) in [5, 5.41) is 3.08. The molecule has 0 bridgehead atoms. The first kappa shape index (κ1) is 17.1. The fourth-order valence-corrected chi connectivity index (χ4v) is 3.85. The van der Waals surface area contributed by atoms with Crippen molar-refractivity contribution in [1.82, 2.24) is 14.9 Å². The number of amides is 1. The number of anilines is 1. The lowest BCUT2D eigenvalue weighted by molar-refractivity contribution is -0.126. The molecule has 4 rings (SSSR count). The number of rotatable bonds is 5. The fourth-order valence-electron chi connectivity index (χ4n) is 3.85. The summed E-state index contributed by atoms with van der Waals surface area (Å²) in [7, 11) is 0. The fraction of sp³-hybridized carbons (Fsp3) is 0.500. The van der Waals surface area contributed by atoms with Gasteiger partial charge in [-0.15, -0.1) is 0 Å². The van der Waals surface area contributed by atoms with Crippen LogP contribution in [0.1, 0.15) is 25.7 Å². The molecular weight excluding hydrogens is 328 g/mol. The highest BCUT2D eigenvalue weighted by Crippen LogP contribution is 2.27. The molecule has 2 aromatic rings. The summed E-state index contributed by atoms with van der Waals surface area (Å²) >= 11 is 0. The van der Waals surface area contributed by atoms with E-state index in [2.05, 4.69) is 25.8 Å². The van der Waals surface area contributed by atoms with E-state index in [1.165, 1.54) is 0 Å². The molecule has 26 heavy (non-hydrogen) atoms. The number of aromatic nitrogens is 2. The normalized spacial score (nSPS) is 21.1. The molecule has 6 nitrogen and oxygen atoms in total. The molecule has 1 amide bonds. The molecule has 0 radical (unpaired) electrons. The predicted octanol–water partition coefficient (Wildman–Crippen LogP) is 2.38. The molecule has 0 saturated carbocycles. The van der Waals surface area contributed by atoms with Crippen LogP contribution in [0.25, 0.3) is 5.69 Å². The molecule has 1 unspecified atom stereocenters. The quantitative estimate of drug-likeness (QED) is 0.896. The molecule has 0 spiro atoms. The van der Waals surface area contributed by atoms with Crippen LogP contribution in [-0.4, -0.2) is 47.8 Å². The van der Waals surface area contributed by atoms with E-state index in [0.29, 0.717) is 6.54 Å². The van der Waals surface area contributed by atoms with E-state index in [9.17, 15) is 4.79 Å². The van der Waals surface area contributed by atoms with Crippen molar-refractivity contribution in [3.05, 3.63) is 42.9 Å². The van der Waals surface area contributed by atoms with E-state index in [1.54, 1.807) is 0 Å². The van der Waals surface area contributed by atoms with E-state index in [1.807, 2.05) is 36.8 Å². The highest BCUT2D eigenvalue weighted by molar-refractivity contribution is 5.79. The number of hydrogen-bond acceptors (Lipinski definition) is 4. The molecule has 0 aromatic carbocycles. The third-order valence-corrected chi connectivity index (χ3v) is 5.34. The maximum Gasteiger partial charge on any atom is 0.223 e. The third-order valence-electron chi connectivity index (χ3n) is 5.34. The minimum atomic E-state index is 0.0893. The Kier molecular flexibility index (Phi) is 5.20. The Morgan fingerprint density at radius 3 is 2.73 bits per heavy atom. The molecule has 1 N–H and O–H groups in total. The van der Waals surface area contributed by atoms with E-state index >= 15 is 0 Å². The number of hydrogen-bond donors (Lipinski definition) is 1. The van der Waals surface area contributed by atoms with Crippen LogP contribution in [0.5, 0.6) is 0 Å². The highest BCUT2D eigenvalue weighted by Gasteiger charge is 2.27. The summed E-state index contributed by atoms with van der Waals surface area (Å²) in [6, 6.07) is 8.08. The standard InChI is InChI=1S/C20H26N4O2/c25-20(22-15-17-5-4-14-26-17)16-7-12-24(13-8-16)19-18(6-3-9-21-19)23-10-1-2-11-23/h1-3,6,9-11,16-17H,4-5,7-8,12-15H2,(H,22,25). The van der Waals surface area contributed by atoms with Gasteiger partial charge >= 0.3 is 0 Å². The summed E-state index contributed by atoms with van der Waals surface area (Å²) < 4.78 is 7.67. The molecule has 2 aliphatic heterocycles. The van der Waals surface area contributed by atoms with E-state index in [0.717, 1.165) is 56.9 Å². The number of carbonyl (C=O) groups excluding carboxylic acids is 1. The van der Waals surface area contributed by atoms with Crippen molar-refractivity contribution in [2.75, 3.05) is 31.1 Å². The molecule has 2 saturated heterocycles. The van der Waals surface area contributed by atoms with Crippen LogP contribution in [0.15, 0.2) is 42.9 Å². The van der Waals surface area contributed by atoms with Gasteiger partial charge in [-0.3, -0.25) is 4.79 Å². The molecule has 0 aliphatic carbocycles. The van der Waals surface area contributed by atoms with Gasteiger partial charge in [0.1, 0.15) is 0 Å². The number of pyridine rings is 1. The van der Waals surface area contributed by atoms with Gasteiger partial charge in [0, 0.05) is 50.7 Å². The molecular formula is C20H26N4O2. The summed E-state index contributed by atoms with van der Waals surface area (Å²) in [6.07, 6.45) is 9.99. The summed E-state index contributed by atoms with van der Waals surface area (Å²) in [5.41, 5.74) is 1.08. The van der Waals surface area contributed by atoms with Crippen LogP contribution < -0.4 is 10.2 Å². The van der Waals surface area contributed by atoms with Gasteiger partial charge in [0.05, 0.1) is 11.8 Å². The van der Waals surface area contributed by atoms with Crippen molar-refractivity contribution in [2.24, 2.45) is 5.92 Å². The predicted molar refractivity (Wildman–Crippen MR) is 100 cm³/mol. The van der Waals surface area contributed by atoms with Crippen molar-refractivity contribution in [3.8, 4) is 5.69 Å². The maximum atomic E-state index is 12.4. The van der Waals surface area contributed by atoms with Crippen molar-refractivity contribution in [3.63, 3.8) is 0 Å². The van der Waals surface area contributed by atoms with Gasteiger partial charge in [-0.25, -0.2) is 4.98 Å². The van der Waals surface area contributed by atoms with E-state index in [4.69, 9.17) is 4.74 Å². The summed E-state index contributed by atoms with van der Waals surface area (Å²) in [6.45, 7) is 3.18. The first-order chi connectivity index (χ1) is 12.8. The van der Waals surface area contributed by atoms with Crippen molar-refractivity contribution in [2.45, 2.75) is 31.8 Å².